The molecule has 0 aliphatic rings. The molecule has 6 heteroatoms. The molecule has 2 amide bonds. The number of nitrogens with one attached hydrogen (secondary N) is 1. The second-order valence-corrected chi connectivity index (χ2v) is 2.77. The Bertz CT molecular complexity index is 369. The molecule has 0 spiro atoms. The molecule has 76 valence electrons. The van der Waals surface area contributed by atoms with Gasteiger partial charge in [-0.05, 0) is 6.92 Å². The highest BCUT2D eigenvalue weighted by molar-refractivity contribution is 6.00. The number of carbonyl (C=O) groups is 2. The Morgan fingerprint density at radius 3 is 2.71 bits per heavy atom. The lowest BCUT2D eigenvalue weighted by Gasteiger charge is -2.03. The van der Waals surface area contributed by atoms with Crippen molar-refractivity contribution in [3.63, 3.8) is 0 Å². The van der Waals surface area contributed by atoms with Crippen LogP contribution in [-0.4, -0.2) is 21.4 Å². The fraction of sp³-hybridized carbons (Fsp3) is 0.375. The Kier molecular flexibility index (Phi) is 2.85. The van der Waals surface area contributed by atoms with Crippen molar-refractivity contribution in [1.82, 2.24) is 9.55 Å². The number of nitrogens with two attached hydrogens (primary N) is 1. The third kappa shape index (κ3) is 1.90. The van der Waals surface area contributed by atoms with E-state index < -0.39 is 5.91 Å². The summed E-state index contributed by atoms with van der Waals surface area (Å²) in [6.45, 7) is 3.77. The van der Waals surface area contributed by atoms with Crippen molar-refractivity contribution in [3.05, 3.63) is 12.0 Å². The quantitative estimate of drug-likeness (QED) is 0.710. The minimum atomic E-state index is -0.604. The predicted octanol–water partition coefficient (Wildman–Crippen LogP) is -0.0397. The van der Waals surface area contributed by atoms with Crippen molar-refractivity contribution in [1.29, 1.82) is 0 Å². The van der Waals surface area contributed by atoms with E-state index in [0.717, 1.165) is 0 Å². The molecule has 3 N–H and O–H groups in total. The third-order valence-corrected chi connectivity index (χ3v) is 1.71. The van der Waals surface area contributed by atoms with Crippen LogP contribution < -0.4 is 11.1 Å². The number of rotatable bonds is 3. The lowest BCUT2D eigenvalue weighted by Crippen LogP contribution is -2.19. The Morgan fingerprint density at radius 2 is 2.29 bits per heavy atom. The molecular weight excluding hydrogens is 184 g/mol. The van der Waals surface area contributed by atoms with Crippen LogP contribution in [0.1, 0.15) is 24.3 Å². The van der Waals surface area contributed by atoms with Crippen LogP contribution in [0.15, 0.2) is 6.33 Å². The average Bonchev–Trinajstić information content (AvgIpc) is 2.46. The molecule has 0 aliphatic heterocycles. The number of hydrogen-bond donors (Lipinski definition) is 2. The van der Waals surface area contributed by atoms with Gasteiger partial charge in [0.15, 0.2) is 11.5 Å². The second kappa shape index (κ2) is 3.91. The van der Waals surface area contributed by atoms with E-state index in [-0.39, 0.29) is 17.4 Å². The molecule has 0 radical (unpaired) electrons. The SMILES string of the molecule is CCn1cnc(NC(C)=O)c1C(N)=O. The summed E-state index contributed by atoms with van der Waals surface area (Å²) < 4.78 is 1.58. The van der Waals surface area contributed by atoms with E-state index in [9.17, 15) is 9.59 Å². The zero-order chi connectivity index (χ0) is 10.7. The van der Waals surface area contributed by atoms with Gasteiger partial charge in [0.2, 0.25) is 5.91 Å². The van der Waals surface area contributed by atoms with Crippen molar-refractivity contribution in [3.8, 4) is 0 Å². The van der Waals surface area contributed by atoms with E-state index in [1.807, 2.05) is 6.92 Å². The van der Waals surface area contributed by atoms with E-state index in [1.165, 1.54) is 13.3 Å². The van der Waals surface area contributed by atoms with Gasteiger partial charge in [0.05, 0.1) is 6.33 Å². The maximum atomic E-state index is 11.1. The Balaban J connectivity index is 3.10. The molecule has 0 saturated heterocycles. The molecule has 0 fully saturated rings. The maximum Gasteiger partial charge on any atom is 0.269 e. The summed E-state index contributed by atoms with van der Waals surface area (Å²) in [6, 6.07) is 0. The summed E-state index contributed by atoms with van der Waals surface area (Å²) in [5, 5.41) is 2.44. The molecule has 0 saturated carbocycles. The summed E-state index contributed by atoms with van der Waals surface area (Å²) in [5.74, 6) is -0.672. The molecule has 6 nitrogen and oxygen atoms in total. The first-order valence-corrected chi connectivity index (χ1v) is 4.18. The fourth-order valence-corrected chi connectivity index (χ4v) is 1.14. The van der Waals surface area contributed by atoms with Crippen molar-refractivity contribution >= 4 is 17.6 Å². The molecule has 0 aliphatic carbocycles. The Hall–Kier alpha value is -1.85. The van der Waals surface area contributed by atoms with Gasteiger partial charge in [-0.1, -0.05) is 0 Å². The number of amides is 2. The van der Waals surface area contributed by atoms with E-state index >= 15 is 0 Å². The van der Waals surface area contributed by atoms with Gasteiger partial charge in [-0.25, -0.2) is 4.98 Å². The van der Waals surface area contributed by atoms with Crippen LogP contribution in [0.2, 0.25) is 0 Å². The van der Waals surface area contributed by atoms with Gasteiger partial charge in [0.25, 0.3) is 5.91 Å². The normalized spacial score (nSPS) is 9.86. The van der Waals surface area contributed by atoms with E-state index in [1.54, 1.807) is 4.57 Å². The molecule has 1 heterocycles. The molecule has 0 bridgehead atoms. The number of hydrogen-bond acceptors (Lipinski definition) is 3. The molecule has 0 atom stereocenters. The van der Waals surface area contributed by atoms with E-state index in [4.69, 9.17) is 5.73 Å². The van der Waals surface area contributed by atoms with Gasteiger partial charge in [-0.15, -0.1) is 0 Å². The van der Waals surface area contributed by atoms with Crippen LogP contribution in [0.4, 0.5) is 5.82 Å². The maximum absolute atomic E-state index is 11.1. The van der Waals surface area contributed by atoms with Crippen LogP contribution >= 0.6 is 0 Å². The highest BCUT2D eigenvalue weighted by atomic mass is 16.2. The molecule has 14 heavy (non-hydrogen) atoms. The largest absolute Gasteiger partial charge is 0.364 e. The Morgan fingerprint density at radius 1 is 1.64 bits per heavy atom. The summed E-state index contributed by atoms with van der Waals surface area (Å²) in [7, 11) is 0. The fourth-order valence-electron chi connectivity index (χ4n) is 1.14. The minimum Gasteiger partial charge on any atom is -0.364 e. The molecule has 0 unspecified atom stereocenters. The van der Waals surface area contributed by atoms with E-state index in [0.29, 0.717) is 6.54 Å². The standard InChI is InChI=1S/C8H12N4O2/c1-3-12-4-10-8(11-5(2)13)6(12)7(9)14/h4H,3H2,1-2H3,(H2,9,14)(H,11,13). The highest BCUT2D eigenvalue weighted by Gasteiger charge is 2.15. The number of primary amides is 1. The number of aromatic nitrogens is 2. The number of carbonyl (C=O) groups excluding carboxylic acids is 2. The van der Waals surface area contributed by atoms with Crippen LogP contribution in [0.5, 0.6) is 0 Å². The lowest BCUT2D eigenvalue weighted by molar-refractivity contribution is -0.114. The minimum absolute atomic E-state index is 0.215. The zero-order valence-electron chi connectivity index (χ0n) is 8.07. The molecular formula is C8H12N4O2. The van der Waals surface area contributed by atoms with Crippen LogP contribution in [0, 0.1) is 0 Å². The smallest absolute Gasteiger partial charge is 0.269 e. The predicted molar refractivity (Wildman–Crippen MR) is 50.7 cm³/mol. The first-order chi connectivity index (χ1) is 6.56. The molecule has 0 aromatic carbocycles. The molecule has 1 aromatic rings. The lowest BCUT2D eigenvalue weighted by atomic mass is 10.4. The van der Waals surface area contributed by atoms with Crippen molar-refractivity contribution in [2.24, 2.45) is 5.73 Å². The van der Waals surface area contributed by atoms with Gasteiger partial charge in [-0.2, -0.15) is 0 Å². The monoisotopic (exact) mass is 196 g/mol. The van der Waals surface area contributed by atoms with E-state index in [2.05, 4.69) is 10.3 Å². The first kappa shape index (κ1) is 10.2. The molecule has 1 rings (SSSR count). The number of aryl methyl sites for hydroxylation is 1. The third-order valence-electron chi connectivity index (χ3n) is 1.71. The average molecular weight is 196 g/mol. The van der Waals surface area contributed by atoms with Gasteiger partial charge < -0.3 is 15.6 Å². The van der Waals surface area contributed by atoms with Gasteiger partial charge in [0.1, 0.15) is 0 Å². The number of anilines is 1. The van der Waals surface area contributed by atoms with Gasteiger partial charge >= 0.3 is 0 Å². The number of nitrogens with zero attached hydrogens (tertiary/aromatic N) is 2. The second-order valence-electron chi connectivity index (χ2n) is 2.77. The number of imidazole rings is 1. The topological polar surface area (TPSA) is 90.0 Å². The highest BCUT2D eigenvalue weighted by Crippen LogP contribution is 2.12. The zero-order valence-corrected chi connectivity index (χ0v) is 8.07. The van der Waals surface area contributed by atoms with Gasteiger partial charge in [-0.3, -0.25) is 9.59 Å². The summed E-state index contributed by atoms with van der Waals surface area (Å²) in [4.78, 5) is 25.7. The van der Waals surface area contributed by atoms with Crippen molar-refractivity contribution in [2.45, 2.75) is 20.4 Å². The summed E-state index contributed by atoms with van der Waals surface area (Å²) in [5.41, 5.74) is 5.38. The first-order valence-electron chi connectivity index (χ1n) is 4.18. The van der Waals surface area contributed by atoms with Crippen LogP contribution in [0.3, 0.4) is 0 Å². The van der Waals surface area contributed by atoms with Crippen molar-refractivity contribution in [2.75, 3.05) is 5.32 Å². The molecule has 1 aromatic heterocycles. The summed E-state index contributed by atoms with van der Waals surface area (Å²) in [6.07, 6.45) is 1.46. The van der Waals surface area contributed by atoms with Crippen LogP contribution in [-0.2, 0) is 11.3 Å². The Labute approximate surface area is 81.1 Å². The van der Waals surface area contributed by atoms with Gasteiger partial charge in [0, 0.05) is 13.5 Å². The van der Waals surface area contributed by atoms with Crippen molar-refractivity contribution < 1.29 is 9.59 Å². The summed E-state index contributed by atoms with van der Waals surface area (Å²) >= 11 is 0. The van der Waals surface area contributed by atoms with Crippen LogP contribution in [0.25, 0.3) is 0 Å².